The summed E-state index contributed by atoms with van der Waals surface area (Å²) in [5.41, 5.74) is 2.51. The lowest BCUT2D eigenvalue weighted by molar-refractivity contribution is 0.124. The number of hydrogen-bond acceptors (Lipinski definition) is 3. The van der Waals surface area contributed by atoms with Crippen molar-refractivity contribution in [1.29, 1.82) is 0 Å². The van der Waals surface area contributed by atoms with Crippen molar-refractivity contribution < 1.29 is 9.47 Å². The first kappa shape index (κ1) is 16.3. The van der Waals surface area contributed by atoms with Crippen molar-refractivity contribution in [1.82, 2.24) is 5.32 Å². The second-order valence-electron chi connectivity index (χ2n) is 6.92. The molecule has 1 aromatic rings. The molecule has 0 fully saturated rings. The standard InChI is InChI=1S/C18H29NO2/c1-14(2)8-10-20-11-9-19-13-16-7-5-6-15-12-18(3,4)21-17(15)16/h5-7,14,19H,8-13H2,1-4H3. The van der Waals surface area contributed by atoms with Crippen LogP contribution in [0.2, 0.25) is 0 Å². The van der Waals surface area contributed by atoms with Gasteiger partial charge in [0.1, 0.15) is 11.4 Å². The molecule has 0 saturated heterocycles. The predicted octanol–water partition coefficient (Wildman–Crippen LogP) is 3.55. The Morgan fingerprint density at radius 1 is 1.29 bits per heavy atom. The maximum absolute atomic E-state index is 6.08. The van der Waals surface area contributed by atoms with E-state index in [4.69, 9.17) is 9.47 Å². The Morgan fingerprint density at radius 2 is 2.10 bits per heavy atom. The topological polar surface area (TPSA) is 30.5 Å². The van der Waals surface area contributed by atoms with Crippen molar-refractivity contribution in [2.45, 2.75) is 52.7 Å². The van der Waals surface area contributed by atoms with Crippen LogP contribution in [0.3, 0.4) is 0 Å². The molecule has 118 valence electrons. The van der Waals surface area contributed by atoms with Crippen LogP contribution >= 0.6 is 0 Å². The van der Waals surface area contributed by atoms with Gasteiger partial charge >= 0.3 is 0 Å². The first-order valence-corrected chi connectivity index (χ1v) is 8.06. The summed E-state index contributed by atoms with van der Waals surface area (Å²) in [7, 11) is 0. The van der Waals surface area contributed by atoms with Gasteiger partial charge in [0, 0.05) is 31.7 Å². The van der Waals surface area contributed by atoms with Crippen molar-refractivity contribution in [2.75, 3.05) is 19.8 Å². The lowest BCUT2D eigenvalue weighted by Crippen LogP contribution is -2.25. The number of hydrogen-bond donors (Lipinski definition) is 1. The van der Waals surface area contributed by atoms with E-state index >= 15 is 0 Å². The number of ether oxygens (including phenoxy) is 2. The number of nitrogens with one attached hydrogen (secondary N) is 1. The van der Waals surface area contributed by atoms with Crippen LogP contribution in [0.15, 0.2) is 18.2 Å². The number of fused-ring (bicyclic) bond motifs is 1. The van der Waals surface area contributed by atoms with Gasteiger partial charge in [-0.3, -0.25) is 0 Å². The van der Waals surface area contributed by atoms with Gasteiger partial charge in [0.05, 0.1) is 6.61 Å². The van der Waals surface area contributed by atoms with Crippen molar-refractivity contribution in [2.24, 2.45) is 5.92 Å². The fourth-order valence-corrected chi connectivity index (χ4v) is 2.61. The minimum atomic E-state index is -0.0710. The van der Waals surface area contributed by atoms with Gasteiger partial charge in [-0.15, -0.1) is 0 Å². The summed E-state index contributed by atoms with van der Waals surface area (Å²) in [5, 5.41) is 3.44. The minimum absolute atomic E-state index is 0.0710. The highest BCUT2D eigenvalue weighted by molar-refractivity contribution is 5.45. The molecule has 1 aliphatic heterocycles. The van der Waals surface area contributed by atoms with Crippen LogP contribution in [-0.2, 0) is 17.7 Å². The molecule has 21 heavy (non-hydrogen) atoms. The highest BCUT2D eigenvalue weighted by Gasteiger charge is 2.31. The van der Waals surface area contributed by atoms with E-state index in [2.05, 4.69) is 51.2 Å². The van der Waals surface area contributed by atoms with Crippen LogP contribution in [0.1, 0.15) is 45.2 Å². The molecule has 0 radical (unpaired) electrons. The van der Waals surface area contributed by atoms with Crippen molar-refractivity contribution in [3.05, 3.63) is 29.3 Å². The molecule has 1 heterocycles. The zero-order chi connectivity index (χ0) is 15.3. The van der Waals surface area contributed by atoms with E-state index in [1.807, 2.05) is 0 Å². The third-order valence-corrected chi connectivity index (χ3v) is 3.75. The molecule has 1 aliphatic rings. The Morgan fingerprint density at radius 3 is 2.86 bits per heavy atom. The van der Waals surface area contributed by atoms with Gasteiger partial charge < -0.3 is 14.8 Å². The normalized spacial score (nSPS) is 16.0. The van der Waals surface area contributed by atoms with E-state index in [-0.39, 0.29) is 5.60 Å². The maximum atomic E-state index is 6.08. The molecule has 3 heteroatoms. The summed E-state index contributed by atoms with van der Waals surface area (Å²) in [6.07, 6.45) is 2.13. The van der Waals surface area contributed by atoms with E-state index in [1.54, 1.807) is 0 Å². The molecule has 0 saturated carbocycles. The molecular weight excluding hydrogens is 262 g/mol. The molecule has 1 N–H and O–H groups in total. The molecule has 1 aromatic carbocycles. The molecule has 0 aliphatic carbocycles. The van der Waals surface area contributed by atoms with Crippen molar-refractivity contribution >= 4 is 0 Å². The summed E-state index contributed by atoms with van der Waals surface area (Å²) in [4.78, 5) is 0. The van der Waals surface area contributed by atoms with Crippen LogP contribution in [0.25, 0.3) is 0 Å². The van der Waals surface area contributed by atoms with Gasteiger partial charge in [-0.1, -0.05) is 32.0 Å². The summed E-state index contributed by atoms with van der Waals surface area (Å²) >= 11 is 0. The summed E-state index contributed by atoms with van der Waals surface area (Å²) in [6.45, 7) is 12.1. The highest BCUT2D eigenvalue weighted by atomic mass is 16.5. The highest BCUT2D eigenvalue weighted by Crippen LogP contribution is 2.37. The SMILES string of the molecule is CC(C)CCOCCNCc1cccc2c1OC(C)(C)C2. The quantitative estimate of drug-likeness (QED) is 0.743. The Bertz CT molecular complexity index is 455. The second-order valence-corrected chi connectivity index (χ2v) is 6.92. The van der Waals surface area contributed by atoms with Gasteiger partial charge in [-0.05, 0) is 31.7 Å². The Kier molecular flexibility index (Phi) is 5.65. The Hall–Kier alpha value is -1.06. The van der Waals surface area contributed by atoms with Crippen molar-refractivity contribution in [3.8, 4) is 5.75 Å². The number of para-hydroxylation sites is 1. The van der Waals surface area contributed by atoms with E-state index < -0.39 is 0 Å². The first-order valence-electron chi connectivity index (χ1n) is 8.06. The molecule has 0 amide bonds. The van der Waals surface area contributed by atoms with Gasteiger partial charge in [-0.25, -0.2) is 0 Å². The van der Waals surface area contributed by atoms with Gasteiger partial charge in [0.15, 0.2) is 0 Å². The Labute approximate surface area is 129 Å². The molecule has 0 unspecified atom stereocenters. The van der Waals surface area contributed by atoms with Crippen LogP contribution in [0.4, 0.5) is 0 Å². The average molecular weight is 291 g/mol. The van der Waals surface area contributed by atoms with Gasteiger partial charge in [0.2, 0.25) is 0 Å². The second kappa shape index (κ2) is 7.28. The van der Waals surface area contributed by atoms with Gasteiger partial charge in [0.25, 0.3) is 0 Å². The zero-order valence-electron chi connectivity index (χ0n) is 13.9. The van der Waals surface area contributed by atoms with Gasteiger partial charge in [-0.2, -0.15) is 0 Å². The fraction of sp³-hybridized carbons (Fsp3) is 0.667. The summed E-state index contributed by atoms with van der Waals surface area (Å²) < 4.78 is 11.7. The minimum Gasteiger partial charge on any atom is -0.487 e. The Balaban J connectivity index is 1.72. The largest absolute Gasteiger partial charge is 0.487 e. The average Bonchev–Trinajstić information content (AvgIpc) is 2.72. The van der Waals surface area contributed by atoms with E-state index in [9.17, 15) is 0 Å². The fourth-order valence-electron chi connectivity index (χ4n) is 2.61. The molecule has 3 nitrogen and oxygen atoms in total. The lowest BCUT2D eigenvalue weighted by atomic mass is 10.0. The third-order valence-electron chi connectivity index (χ3n) is 3.75. The number of benzene rings is 1. The first-order chi connectivity index (χ1) is 9.98. The van der Waals surface area contributed by atoms with Crippen LogP contribution in [0.5, 0.6) is 5.75 Å². The zero-order valence-corrected chi connectivity index (χ0v) is 13.9. The predicted molar refractivity (Wildman–Crippen MR) is 86.8 cm³/mol. The molecule has 0 atom stereocenters. The third kappa shape index (κ3) is 5.01. The monoisotopic (exact) mass is 291 g/mol. The number of rotatable bonds is 8. The molecule has 0 spiro atoms. The summed E-state index contributed by atoms with van der Waals surface area (Å²) in [6, 6.07) is 6.44. The lowest BCUT2D eigenvalue weighted by Gasteiger charge is -2.18. The summed E-state index contributed by atoms with van der Waals surface area (Å²) in [5.74, 6) is 1.79. The van der Waals surface area contributed by atoms with Crippen molar-refractivity contribution in [3.63, 3.8) is 0 Å². The molecule has 2 rings (SSSR count). The maximum Gasteiger partial charge on any atom is 0.127 e. The molecular formula is C18H29NO2. The van der Waals surface area contributed by atoms with Crippen LogP contribution in [-0.4, -0.2) is 25.4 Å². The smallest absolute Gasteiger partial charge is 0.127 e. The van der Waals surface area contributed by atoms with E-state index in [0.717, 1.165) is 44.9 Å². The molecule has 0 aromatic heterocycles. The molecule has 0 bridgehead atoms. The van der Waals surface area contributed by atoms with Crippen LogP contribution < -0.4 is 10.1 Å². The van der Waals surface area contributed by atoms with E-state index in [0.29, 0.717) is 5.92 Å². The van der Waals surface area contributed by atoms with Crippen LogP contribution in [0, 0.1) is 5.92 Å². The van der Waals surface area contributed by atoms with E-state index in [1.165, 1.54) is 11.1 Å².